The summed E-state index contributed by atoms with van der Waals surface area (Å²) >= 11 is 0. The van der Waals surface area contributed by atoms with Gasteiger partial charge in [-0.3, -0.25) is 0 Å². The number of nitrogens with two attached hydrogens (primary N) is 1. The molecule has 17 heavy (non-hydrogen) atoms. The van der Waals surface area contributed by atoms with Crippen molar-refractivity contribution in [2.24, 2.45) is 0 Å². The molecule has 0 aliphatic carbocycles. The predicted octanol–water partition coefficient (Wildman–Crippen LogP) is 3.28. The lowest BCUT2D eigenvalue weighted by Gasteiger charge is -2.14. The van der Waals surface area contributed by atoms with E-state index in [2.05, 4.69) is 13.0 Å². The van der Waals surface area contributed by atoms with Crippen molar-refractivity contribution in [3.8, 4) is 5.75 Å². The first kappa shape index (κ1) is 11.5. The normalized spacial score (nSPS) is 12.1. The van der Waals surface area contributed by atoms with Crippen LogP contribution in [0.1, 0.15) is 12.5 Å². The van der Waals surface area contributed by atoms with Gasteiger partial charge in [0.25, 0.3) is 0 Å². The lowest BCUT2D eigenvalue weighted by atomic mass is 10.1. The quantitative estimate of drug-likeness (QED) is 0.813. The topological polar surface area (TPSA) is 35.2 Å². The molecule has 0 heterocycles. The molecule has 0 aliphatic heterocycles. The zero-order valence-corrected chi connectivity index (χ0v) is 9.97. The molecule has 2 heteroatoms. The first-order valence-electron chi connectivity index (χ1n) is 5.80. The first-order chi connectivity index (χ1) is 8.24. The Morgan fingerprint density at radius 1 is 1.06 bits per heavy atom. The van der Waals surface area contributed by atoms with E-state index in [0.717, 1.165) is 17.9 Å². The van der Waals surface area contributed by atoms with Crippen LogP contribution in [-0.2, 0) is 6.42 Å². The minimum atomic E-state index is 0.138. The summed E-state index contributed by atoms with van der Waals surface area (Å²) in [5.74, 6) is 0.906. The van der Waals surface area contributed by atoms with Crippen molar-refractivity contribution in [1.82, 2.24) is 0 Å². The van der Waals surface area contributed by atoms with E-state index < -0.39 is 0 Å². The standard InChI is InChI=1S/C15H17NO/c1-12(17-15-8-3-2-4-9-15)10-13-6-5-7-14(16)11-13/h2-9,11-12H,10,16H2,1H3. The zero-order valence-electron chi connectivity index (χ0n) is 9.97. The summed E-state index contributed by atoms with van der Waals surface area (Å²) < 4.78 is 5.82. The molecule has 2 N–H and O–H groups in total. The maximum atomic E-state index is 5.82. The van der Waals surface area contributed by atoms with Crippen LogP contribution in [0.15, 0.2) is 54.6 Å². The van der Waals surface area contributed by atoms with Gasteiger partial charge in [0.15, 0.2) is 0 Å². The number of anilines is 1. The molecular weight excluding hydrogens is 210 g/mol. The van der Waals surface area contributed by atoms with Gasteiger partial charge in [-0.2, -0.15) is 0 Å². The summed E-state index contributed by atoms with van der Waals surface area (Å²) in [7, 11) is 0. The lowest BCUT2D eigenvalue weighted by molar-refractivity contribution is 0.222. The van der Waals surface area contributed by atoms with Crippen molar-refractivity contribution in [3.63, 3.8) is 0 Å². The molecule has 2 aromatic rings. The average Bonchev–Trinajstić information content (AvgIpc) is 2.30. The number of nitrogen functional groups attached to an aromatic ring is 1. The van der Waals surface area contributed by atoms with E-state index in [4.69, 9.17) is 10.5 Å². The van der Waals surface area contributed by atoms with Crippen LogP contribution in [0.4, 0.5) is 5.69 Å². The van der Waals surface area contributed by atoms with Crippen LogP contribution in [0.25, 0.3) is 0 Å². The maximum absolute atomic E-state index is 5.82. The Morgan fingerprint density at radius 2 is 1.82 bits per heavy atom. The third-order valence-corrected chi connectivity index (χ3v) is 2.55. The molecule has 2 rings (SSSR count). The van der Waals surface area contributed by atoms with Gasteiger partial charge in [-0.05, 0) is 36.8 Å². The van der Waals surface area contributed by atoms with Gasteiger partial charge in [0, 0.05) is 12.1 Å². The Balaban J connectivity index is 1.96. The van der Waals surface area contributed by atoms with Gasteiger partial charge in [-0.1, -0.05) is 30.3 Å². The third-order valence-electron chi connectivity index (χ3n) is 2.55. The molecule has 1 atom stereocenters. The van der Waals surface area contributed by atoms with Crippen molar-refractivity contribution >= 4 is 5.69 Å². The molecule has 0 bridgehead atoms. The highest BCUT2D eigenvalue weighted by Crippen LogP contribution is 2.14. The lowest BCUT2D eigenvalue weighted by Crippen LogP contribution is -2.15. The molecule has 1 unspecified atom stereocenters. The van der Waals surface area contributed by atoms with Gasteiger partial charge in [0.2, 0.25) is 0 Å². The van der Waals surface area contributed by atoms with Crippen LogP contribution in [0, 0.1) is 0 Å². The van der Waals surface area contributed by atoms with Gasteiger partial charge in [-0.15, -0.1) is 0 Å². The molecule has 0 amide bonds. The van der Waals surface area contributed by atoms with E-state index in [1.807, 2.05) is 48.5 Å². The monoisotopic (exact) mass is 227 g/mol. The van der Waals surface area contributed by atoms with E-state index in [9.17, 15) is 0 Å². The van der Waals surface area contributed by atoms with Crippen molar-refractivity contribution in [1.29, 1.82) is 0 Å². The van der Waals surface area contributed by atoms with Crippen LogP contribution in [0.5, 0.6) is 5.75 Å². The van der Waals surface area contributed by atoms with E-state index in [1.165, 1.54) is 5.56 Å². The zero-order chi connectivity index (χ0) is 12.1. The fourth-order valence-corrected chi connectivity index (χ4v) is 1.83. The minimum absolute atomic E-state index is 0.138. The second-order valence-corrected chi connectivity index (χ2v) is 4.19. The minimum Gasteiger partial charge on any atom is -0.490 e. The fraction of sp³-hybridized carbons (Fsp3) is 0.200. The molecule has 0 aromatic heterocycles. The summed E-state index contributed by atoms with van der Waals surface area (Å²) in [5.41, 5.74) is 7.75. The Morgan fingerprint density at radius 3 is 2.53 bits per heavy atom. The Hall–Kier alpha value is -1.96. The SMILES string of the molecule is CC(Cc1cccc(N)c1)Oc1ccccc1. The highest BCUT2D eigenvalue weighted by Gasteiger charge is 2.05. The van der Waals surface area contributed by atoms with Crippen LogP contribution in [-0.4, -0.2) is 6.10 Å². The van der Waals surface area contributed by atoms with Crippen molar-refractivity contribution in [2.45, 2.75) is 19.4 Å². The predicted molar refractivity (Wildman–Crippen MR) is 71.1 cm³/mol. The molecular formula is C15H17NO. The number of hydrogen-bond donors (Lipinski definition) is 1. The van der Waals surface area contributed by atoms with Crippen molar-refractivity contribution < 1.29 is 4.74 Å². The summed E-state index contributed by atoms with van der Waals surface area (Å²) in [5, 5.41) is 0. The highest BCUT2D eigenvalue weighted by atomic mass is 16.5. The molecule has 88 valence electrons. The van der Waals surface area contributed by atoms with Crippen molar-refractivity contribution in [3.05, 3.63) is 60.2 Å². The molecule has 2 nitrogen and oxygen atoms in total. The van der Waals surface area contributed by atoms with Crippen molar-refractivity contribution in [2.75, 3.05) is 5.73 Å². The van der Waals surface area contributed by atoms with E-state index in [0.29, 0.717) is 0 Å². The summed E-state index contributed by atoms with van der Waals surface area (Å²) in [4.78, 5) is 0. The Kier molecular flexibility index (Phi) is 3.66. The average molecular weight is 227 g/mol. The number of hydrogen-bond acceptors (Lipinski definition) is 2. The Labute approximate surface area is 102 Å². The fourth-order valence-electron chi connectivity index (χ4n) is 1.83. The highest BCUT2D eigenvalue weighted by molar-refractivity contribution is 5.40. The van der Waals surface area contributed by atoms with Crippen LogP contribution < -0.4 is 10.5 Å². The van der Waals surface area contributed by atoms with E-state index in [1.54, 1.807) is 0 Å². The van der Waals surface area contributed by atoms with Gasteiger partial charge >= 0.3 is 0 Å². The van der Waals surface area contributed by atoms with E-state index >= 15 is 0 Å². The first-order valence-corrected chi connectivity index (χ1v) is 5.80. The second kappa shape index (κ2) is 5.39. The maximum Gasteiger partial charge on any atom is 0.119 e. The van der Waals surface area contributed by atoms with Gasteiger partial charge in [-0.25, -0.2) is 0 Å². The molecule has 0 aliphatic rings. The van der Waals surface area contributed by atoms with Crippen LogP contribution in [0.2, 0.25) is 0 Å². The molecule has 0 radical (unpaired) electrons. The number of rotatable bonds is 4. The van der Waals surface area contributed by atoms with E-state index in [-0.39, 0.29) is 6.10 Å². The van der Waals surface area contributed by atoms with Gasteiger partial charge < -0.3 is 10.5 Å². The third kappa shape index (κ3) is 3.52. The number of para-hydroxylation sites is 1. The molecule has 2 aromatic carbocycles. The number of benzene rings is 2. The van der Waals surface area contributed by atoms with Crippen LogP contribution in [0.3, 0.4) is 0 Å². The summed E-state index contributed by atoms with van der Waals surface area (Å²) in [6.45, 7) is 2.07. The second-order valence-electron chi connectivity index (χ2n) is 4.19. The molecule has 0 fully saturated rings. The molecule has 0 saturated carbocycles. The van der Waals surface area contributed by atoms with Gasteiger partial charge in [0.05, 0.1) is 6.10 Å². The van der Waals surface area contributed by atoms with Crippen LogP contribution >= 0.6 is 0 Å². The summed E-state index contributed by atoms with van der Waals surface area (Å²) in [6.07, 6.45) is 0.999. The molecule has 0 spiro atoms. The smallest absolute Gasteiger partial charge is 0.119 e. The molecule has 0 saturated heterocycles. The largest absolute Gasteiger partial charge is 0.490 e. The summed E-state index contributed by atoms with van der Waals surface area (Å²) in [6, 6.07) is 17.8. The van der Waals surface area contributed by atoms with Gasteiger partial charge in [0.1, 0.15) is 5.75 Å². The number of ether oxygens (including phenoxy) is 1. The Bertz CT molecular complexity index is 467.